The fraction of sp³-hybridized carbons (Fsp3) is 0.0357. The summed E-state index contributed by atoms with van der Waals surface area (Å²) >= 11 is 0. The van der Waals surface area contributed by atoms with Crippen molar-refractivity contribution in [2.75, 3.05) is 0 Å². The van der Waals surface area contributed by atoms with E-state index in [1.807, 2.05) is 24.3 Å². The van der Waals surface area contributed by atoms with Crippen molar-refractivity contribution < 1.29 is 5.11 Å². The van der Waals surface area contributed by atoms with Crippen LogP contribution in [0.3, 0.4) is 0 Å². The lowest BCUT2D eigenvalue weighted by Gasteiger charge is -2.33. The van der Waals surface area contributed by atoms with Crippen molar-refractivity contribution in [2.45, 2.75) is 5.41 Å². The van der Waals surface area contributed by atoms with Crippen molar-refractivity contribution in [3.05, 3.63) is 130 Å². The van der Waals surface area contributed by atoms with Crippen molar-refractivity contribution >= 4 is 0 Å². The molecular weight excluding hydrogens is 394 g/mol. The third kappa shape index (κ3) is 3.07. The smallest absolute Gasteiger partial charge is 0.283 e. The number of rotatable bonds is 2. The number of hydrogen-bond donors (Lipinski definition) is 1. The second-order valence-electron chi connectivity index (χ2n) is 7.32. The number of aliphatic hydroxyl groups is 1. The Balaban J connectivity index is 0.000000775. The van der Waals surface area contributed by atoms with Gasteiger partial charge in [-0.05, 0) is 57.6 Å². The fourth-order valence-corrected chi connectivity index (χ4v) is 4.61. The van der Waals surface area contributed by atoms with Crippen LogP contribution in [0.15, 0.2) is 97.1 Å². The highest BCUT2D eigenvalue weighted by molar-refractivity contribution is 5.86. The van der Waals surface area contributed by atoms with E-state index in [9.17, 15) is 10.5 Å². The fourth-order valence-electron chi connectivity index (χ4n) is 4.61. The zero-order valence-corrected chi connectivity index (χ0v) is 17.0. The van der Waals surface area contributed by atoms with Gasteiger partial charge in [0.1, 0.15) is 0 Å². The van der Waals surface area contributed by atoms with E-state index in [1.165, 1.54) is 22.3 Å². The van der Waals surface area contributed by atoms with Crippen LogP contribution in [0.4, 0.5) is 0 Å². The maximum absolute atomic E-state index is 9.27. The predicted molar refractivity (Wildman–Crippen MR) is 121 cm³/mol. The molecule has 32 heavy (non-hydrogen) atoms. The molecule has 0 aromatic heterocycles. The van der Waals surface area contributed by atoms with Gasteiger partial charge in [-0.2, -0.15) is 15.8 Å². The molecule has 0 aliphatic heterocycles. The van der Waals surface area contributed by atoms with Crippen LogP contribution in [-0.4, -0.2) is 5.11 Å². The Bertz CT molecular complexity index is 1290. The number of hydrogen-bond acceptors (Lipinski definition) is 4. The van der Waals surface area contributed by atoms with Crippen LogP contribution in [0.2, 0.25) is 0 Å². The summed E-state index contributed by atoms with van der Waals surface area (Å²) in [6.07, 6.45) is 0.750. The van der Waals surface area contributed by atoms with Gasteiger partial charge in [-0.3, -0.25) is 0 Å². The predicted octanol–water partition coefficient (Wildman–Crippen LogP) is 5.63. The topological polar surface area (TPSA) is 91.6 Å². The van der Waals surface area contributed by atoms with Crippen molar-refractivity contribution in [3.8, 4) is 29.5 Å². The van der Waals surface area contributed by atoms with Crippen LogP contribution in [0.25, 0.3) is 11.1 Å². The Morgan fingerprint density at radius 1 is 0.531 bits per heavy atom. The summed E-state index contributed by atoms with van der Waals surface area (Å²) in [5, 5.41) is 32.3. The van der Waals surface area contributed by atoms with E-state index in [4.69, 9.17) is 10.4 Å². The normalized spacial score (nSPS) is 12.0. The Labute approximate surface area is 186 Å². The van der Waals surface area contributed by atoms with E-state index in [1.54, 1.807) is 0 Å². The molecule has 0 radical (unpaired) electrons. The van der Waals surface area contributed by atoms with E-state index < -0.39 is 5.41 Å². The molecule has 1 aliphatic rings. The zero-order chi connectivity index (χ0) is 22.6. The molecule has 4 nitrogen and oxygen atoms in total. The lowest BCUT2D eigenvalue weighted by atomic mass is 9.67. The SMILES string of the molecule is N#CO.N#Cc1ccc(C2(c3ccc(C#N)cc3)c3ccccc3-c3ccccc32)cc1. The number of aliphatic hydroxyl groups excluding tert-OH is 1. The summed E-state index contributed by atoms with van der Waals surface area (Å²) in [6.45, 7) is 0. The van der Waals surface area contributed by atoms with E-state index in [2.05, 4.69) is 84.9 Å². The highest BCUT2D eigenvalue weighted by Gasteiger charge is 2.45. The molecular formula is C28H17N3O. The molecule has 4 aromatic rings. The summed E-state index contributed by atoms with van der Waals surface area (Å²) in [7, 11) is 0. The van der Waals surface area contributed by atoms with Gasteiger partial charge in [0, 0.05) is 0 Å². The molecule has 1 aliphatic carbocycles. The quantitative estimate of drug-likeness (QED) is 0.381. The minimum atomic E-state index is -0.491. The van der Waals surface area contributed by atoms with Gasteiger partial charge in [0.25, 0.3) is 6.26 Å². The molecule has 4 aromatic carbocycles. The monoisotopic (exact) mass is 411 g/mol. The number of nitrogens with zero attached hydrogens (tertiary/aromatic N) is 3. The van der Waals surface area contributed by atoms with E-state index in [0.29, 0.717) is 11.1 Å². The summed E-state index contributed by atoms with van der Waals surface area (Å²) < 4.78 is 0. The average molecular weight is 411 g/mol. The summed E-state index contributed by atoms with van der Waals surface area (Å²) in [5.74, 6) is 0. The molecule has 1 N–H and O–H groups in total. The lowest BCUT2D eigenvalue weighted by molar-refractivity contribution is 0.503. The van der Waals surface area contributed by atoms with Crippen molar-refractivity contribution in [1.29, 1.82) is 15.8 Å². The Hall–Kier alpha value is -4.85. The molecule has 0 heterocycles. The largest absolute Gasteiger partial charge is 0.443 e. The van der Waals surface area contributed by atoms with Gasteiger partial charge >= 0.3 is 0 Å². The van der Waals surface area contributed by atoms with Gasteiger partial charge in [-0.15, -0.1) is 0 Å². The molecule has 0 fully saturated rings. The second kappa shape index (κ2) is 8.49. The van der Waals surface area contributed by atoms with E-state index >= 15 is 0 Å². The maximum atomic E-state index is 9.27. The average Bonchev–Trinajstić information content (AvgIpc) is 3.16. The first-order valence-corrected chi connectivity index (χ1v) is 9.94. The third-order valence-electron chi connectivity index (χ3n) is 5.85. The molecule has 0 amide bonds. The first-order valence-electron chi connectivity index (χ1n) is 9.94. The molecule has 0 bridgehead atoms. The molecule has 5 rings (SSSR count). The number of fused-ring (bicyclic) bond motifs is 3. The van der Waals surface area contributed by atoms with Gasteiger partial charge in [0.2, 0.25) is 0 Å². The van der Waals surface area contributed by atoms with Crippen molar-refractivity contribution in [3.63, 3.8) is 0 Å². The standard InChI is InChI=1S/C27H16N2.CHNO/c28-17-19-9-13-21(14-10-19)27(22-15-11-20(18-29)12-16-22)25-7-3-1-5-23(25)24-6-2-4-8-26(24)27;2-1-3/h1-16H;3H. The molecule has 0 atom stereocenters. The maximum Gasteiger partial charge on any atom is 0.283 e. The lowest BCUT2D eigenvalue weighted by Crippen LogP contribution is -2.28. The third-order valence-corrected chi connectivity index (χ3v) is 5.85. The first-order chi connectivity index (χ1) is 15.7. The van der Waals surface area contributed by atoms with Gasteiger partial charge in [0.05, 0.1) is 28.7 Å². The molecule has 0 saturated heterocycles. The van der Waals surface area contributed by atoms with Crippen LogP contribution in [0.1, 0.15) is 33.4 Å². The van der Waals surface area contributed by atoms with E-state index in [0.717, 1.165) is 17.4 Å². The minimum absolute atomic E-state index is 0.491. The summed E-state index contributed by atoms with van der Waals surface area (Å²) in [5.41, 5.74) is 7.89. The number of nitriles is 3. The van der Waals surface area contributed by atoms with Crippen LogP contribution in [0.5, 0.6) is 0 Å². The number of benzene rings is 4. The molecule has 0 saturated carbocycles. The second-order valence-corrected chi connectivity index (χ2v) is 7.32. The van der Waals surface area contributed by atoms with Crippen molar-refractivity contribution in [1.82, 2.24) is 0 Å². The van der Waals surface area contributed by atoms with Crippen LogP contribution < -0.4 is 0 Å². The van der Waals surface area contributed by atoms with Crippen molar-refractivity contribution in [2.24, 2.45) is 0 Å². The molecule has 0 spiro atoms. The van der Waals surface area contributed by atoms with Crippen LogP contribution >= 0.6 is 0 Å². The first kappa shape index (κ1) is 20.4. The molecule has 0 unspecified atom stereocenters. The van der Waals surface area contributed by atoms with Crippen LogP contribution in [-0.2, 0) is 5.41 Å². The van der Waals surface area contributed by atoms with Gasteiger partial charge < -0.3 is 5.11 Å². The van der Waals surface area contributed by atoms with E-state index in [-0.39, 0.29) is 0 Å². The van der Waals surface area contributed by atoms with Gasteiger partial charge in [-0.1, -0.05) is 72.8 Å². The Kier molecular flexibility index (Phi) is 5.42. The molecule has 150 valence electrons. The van der Waals surface area contributed by atoms with Crippen LogP contribution in [0, 0.1) is 34.2 Å². The summed E-state index contributed by atoms with van der Waals surface area (Å²) in [6, 6.07) is 37.2. The Morgan fingerprint density at radius 3 is 1.22 bits per heavy atom. The van der Waals surface area contributed by atoms with Gasteiger partial charge in [-0.25, -0.2) is 0 Å². The summed E-state index contributed by atoms with van der Waals surface area (Å²) in [4.78, 5) is 0. The Morgan fingerprint density at radius 2 is 0.875 bits per heavy atom. The highest BCUT2D eigenvalue weighted by atomic mass is 16.2. The zero-order valence-electron chi connectivity index (χ0n) is 17.0. The highest BCUT2D eigenvalue weighted by Crippen LogP contribution is 2.55. The molecule has 4 heteroatoms. The van der Waals surface area contributed by atoms with Gasteiger partial charge in [0.15, 0.2) is 0 Å². The minimum Gasteiger partial charge on any atom is -0.443 e.